The van der Waals surface area contributed by atoms with Gasteiger partial charge in [-0.3, -0.25) is 4.79 Å². The molecule has 0 amide bonds. The molecule has 1 nitrogen and oxygen atoms in total. The van der Waals surface area contributed by atoms with Gasteiger partial charge in [-0.25, -0.2) is 0 Å². The number of halogens is 3. The van der Waals surface area contributed by atoms with Gasteiger partial charge in [-0.05, 0) is 12.0 Å². The summed E-state index contributed by atoms with van der Waals surface area (Å²) in [5.74, 6) is -1.76. The standard InChI is InChI=1S/C11H11F3O/c1-2-5-8-6-3-4-7-9(8)10(15)11(12,13)14/h3-4,6-7H,2,5H2,1H3. The number of benzene rings is 1. The van der Waals surface area contributed by atoms with Gasteiger partial charge in [0.1, 0.15) is 0 Å². The second-order valence-electron chi connectivity index (χ2n) is 3.23. The molecule has 0 spiro atoms. The molecular formula is C11H11F3O. The normalized spacial score (nSPS) is 11.5. The van der Waals surface area contributed by atoms with Gasteiger partial charge >= 0.3 is 6.18 Å². The van der Waals surface area contributed by atoms with Crippen molar-refractivity contribution in [1.29, 1.82) is 0 Å². The quantitative estimate of drug-likeness (QED) is 0.708. The maximum atomic E-state index is 12.2. The van der Waals surface area contributed by atoms with E-state index in [-0.39, 0.29) is 5.56 Å². The maximum absolute atomic E-state index is 12.2. The van der Waals surface area contributed by atoms with E-state index in [1.165, 1.54) is 12.1 Å². The molecule has 0 saturated carbocycles. The van der Waals surface area contributed by atoms with Crippen LogP contribution in [0.4, 0.5) is 13.2 Å². The van der Waals surface area contributed by atoms with Gasteiger partial charge in [0.2, 0.25) is 0 Å². The average Bonchev–Trinajstić information content (AvgIpc) is 2.17. The van der Waals surface area contributed by atoms with E-state index in [0.29, 0.717) is 18.4 Å². The van der Waals surface area contributed by atoms with E-state index in [9.17, 15) is 18.0 Å². The summed E-state index contributed by atoms with van der Waals surface area (Å²) >= 11 is 0. The van der Waals surface area contributed by atoms with Crippen LogP contribution < -0.4 is 0 Å². The highest BCUT2D eigenvalue weighted by atomic mass is 19.4. The highest BCUT2D eigenvalue weighted by molar-refractivity contribution is 6.01. The van der Waals surface area contributed by atoms with Crippen molar-refractivity contribution in [3.05, 3.63) is 35.4 Å². The highest BCUT2D eigenvalue weighted by Gasteiger charge is 2.39. The third-order valence-electron chi connectivity index (χ3n) is 2.04. The van der Waals surface area contributed by atoms with Crippen LogP contribution in [0.1, 0.15) is 29.3 Å². The predicted octanol–water partition coefficient (Wildman–Crippen LogP) is 3.38. The molecule has 1 rings (SSSR count). The minimum atomic E-state index is -4.79. The summed E-state index contributed by atoms with van der Waals surface area (Å²) in [6.07, 6.45) is -3.59. The second kappa shape index (κ2) is 4.47. The largest absolute Gasteiger partial charge is 0.454 e. The molecule has 0 radical (unpaired) electrons. The lowest BCUT2D eigenvalue weighted by Crippen LogP contribution is -2.23. The molecule has 0 unspecified atom stereocenters. The summed E-state index contributed by atoms with van der Waals surface area (Å²) in [7, 11) is 0. The Balaban J connectivity index is 3.08. The first-order valence-corrected chi connectivity index (χ1v) is 4.66. The smallest absolute Gasteiger partial charge is 0.284 e. The Labute approximate surface area is 85.9 Å². The van der Waals surface area contributed by atoms with E-state index in [1.54, 1.807) is 12.1 Å². The number of ketones is 1. The van der Waals surface area contributed by atoms with Crippen molar-refractivity contribution in [2.45, 2.75) is 25.9 Å². The van der Waals surface area contributed by atoms with Crippen LogP contribution in [-0.4, -0.2) is 12.0 Å². The zero-order valence-electron chi connectivity index (χ0n) is 8.27. The zero-order chi connectivity index (χ0) is 11.5. The van der Waals surface area contributed by atoms with Gasteiger partial charge < -0.3 is 0 Å². The monoisotopic (exact) mass is 216 g/mol. The van der Waals surface area contributed by atoms with E-state index in [4.69, 9.17) is 0 Å². The molecule has 1 aromatic carbocycles. The van der Waals surface area contributed by atoms with Crippen molar-refractivity contribution in [1.82, 2.24) is 0 Å². The second-order valence-corrected chi connectivity index (χ2v) is 3.23. The summed E-state index contributed by atoms with van der Waals surface area (Å²) in [5, 5.41) is 0. The first-order chi connectivity index (χ1) is 6.96. The Morgan fingerprint density at radius 1 is 1.27 bits per heavy atom. The highest BCUT2D eigenvalue weighted by Crippen LogP contribution is 2.24. The molecule has 0 saturated heterocycles. The van der Waals surface area contributed by atoms with Crippen LogP contribution >= 0.6 is 0 Å². The van der Waals surface area contributed by atoms with Crippen molar-refractivity contribution in [3.63, 3.8) is 0 Å². The Morgan fingerprint density at radius 3 is 2.40 bits per heavy atom. The summed E-state index contributed by atoms with van der Waals surface area (Å²) in [6, 6.07) is 5.86. The molecule has 0 heterocycles. The van der Waals surface area contributed by atoms with Gasteiger partial charge in [-0.2, -0.15) is 13.2 Å². The van der Waals surface area contributed by atoms with E-state index in [1.807, 2.05) is 6.92 Å². The zero-order valence-corrected chi connectivity index (χ0v) is 8.27. The van der Waals surface area contributed by atoms with Crippen LogP contribution in [0.25, 0.3) is 0 Å². The van der Waals surface area contributed by atoms with Crippen molar-refractivity contribution >= 4 is 5.78 Å². The Morgan fingerprint density at radius 2 is 1.87 bits per heavy atom. The lowest BCUT2D eigenvalue weighted by molar-refractivity contribution is -0.0885. The lowest BCUT2D eigenvalue weighted by Gasteiger charge is -2.09. The van der Waals surface area contributed by atoms with Gasteiger partial charge in [-0.15, -0.1) is 0 Å². The van der Waals surface area contributed by atoms with E-state index < -0.39 is 12.0 Å². The van der Waals surface area contributed by atoms with E-state index in [2.05, 4.69) is 0 Å². The van der Waals surface area contributed by atoms with Crippen molar-refractivity contribution in [3.8, 4) is 0 Å². The van der Waals surface area contributed by atoms with E-state index >= 15 is 0 Å². The third-order valence-corrected chi connectivity index (χ3v) is 2.04. The van der Waals surface area contributed by atoms with Crippen molar-refractivity contribution < 1.29 is 18.0 Å². The summed E-state index contributed by atoms with van der Waals surface area (Å²) in [6.45, 7) is 1.86. The fourth-order valence-electron chi connectivity index (χ4n) is 1.38. The summed E-state index contributed by atoms with van der Waals surface area (Å²) < 4.78 is 36.6. The minimum absolute atomic E-state index is 0.230. The molecule has 0 aliphatic rings. The Kier molecular flexibility index (Phi) is 3.50. The topological polar surface area (TPSA) is 17.1 Å². The Bertz CT molecular complexity index is 355. The van der Waals surface area contributed by atoms with Gasteiger partial charge in [0.25, 0.3) is 5.78 Å². The van der Waals surface area contributed by atoms with Gasteiger partial charge in [-0.1, -0.05) is 37.6 Å². The van der Waals surface area contributed by atoms with Crippen LogP contribution in [0.5, 0.6) is 0 Å². The molecule has 0 fully saturated rings. The molecule has 4 heteroatoms. The molecule has 0 atom stereocenters. The number of rotatable bonds is 3. The number of hydrogen-bond donors (Lipinski definition) is 0. The minimum Gasteiger partial charge on any atom is -0.284 e. The summed E-state index contributed by atoms with van der Waals surface area (Å²) in [5.41, 5.74) is 0.231. The van der Waals surface area contributed by atoms with Crippen LogP contribution in [0.3, 0.4) is 0 Å². The van der Waals surface area contributed by atoms with Gasteiger partial charge in [0.05, 0.1) is 0 Å². The van der Waals surface area contributed by atoms with Gasteiger partial charge in [0, 0.05) is 5.56 Å². The molecule has 0 N–H and O–H groups in total. The number of carbonyl (C=O) groups is 1. The molecule has 0 aliphatic carbocycles. The number of aryl methyl sites for hydroxylation is 1. The SMILES string of the molecule is CCCc1ccccc1C(=O)C(F)(F)F. The van der Waals surface area contributed by atoms with Crippen LogP contribution in [0.2, 0.25) is 0 Å². The number of Topliss-reactive ketones (excluding diaryl/α,β-unsaturated/α-hetero) is 1. The lowest BCUT2D eigenvalue weighted by atomic mass is 10.00. The van der Waals surface area contributed by atoms with Crippen LogP contribution in [0.15, 0.2) is 24.3 Å². The number of carbonyl (C=O) groups excluding carboxylic acids is 1. The molecule has 15 heavy (non-hydrogen) atoms. The molecule has 0 aromatic heterocycles. The van der Waals surface area contributed by atoms with Crippen LogP contribution in [-0.2, 0) is 6.42 Å². The molecule has 82 valence electrons. The van der Waals surface area contributed by atoms with Crippen LogP contribution in [0, 0.1) is 0 Å². The molecule has 0 bridgehead atoms. The van der Waals surface area contributed by atoms with Crippen molar-refractivity contribution in [2.24, 2.45) is 0 Å². The number of alkyl halides is 3. The average molecular weight is 216 g/mol. The molecule has 0 aliphatic heterocycles. The van der Waals surface area contributed by atoms with Crippen molar-refractivity contribution in [2.75, 3.05) is 0 Å². The Hall–Kier alpha value is -1.32. The fraction of sp³-hybridized carbons (Fsp3) is 0.364. The van der Waals surface area contributed by atoms with E-state index in [0.717, 1.165) is 0 Å². The predicted molar refractivity (Wildman–Crippen MR) is 50.8 cm³/mol. The summed E-state index contributed by atoms with van der Waals surface area (Å²) in [4.78, 5) is 11.0. The molecular weight excluding hydrogens is 205 g/mol. The number of hydrogen-bond acceptors (Lipinski definition) is 1. The molecule has 1 aromatic rings. The fourth-order valence-corrected chi connectivity index (χ4v) is 1.38. The maximum Gasteiger partial charge on any atom is 0.454 e. The first kappa shape index (κ1) is 11.8. The van der Waals surface area contributed by atoms with Gasteiger partial charge in [0.15, 0.2) is 0 Å². The third kappa shape index (κ3) is 2.81. The first-order valence-electron chi connectivity index (χ1n) is 4.66.